The predicted octanol–water partition coefficient (Wildman–Crippen LogP) is 5.55. The van der Waals surface area contributed by atoms with Crippen LogP contribution < -0.4 is 5.32 Å². The Morgan fingerprint density at radius 1 is 1.30 bits per heavy atom. The molecule has 1 fully saturated rings. The molecule has 1 N–H and O–H groups in total. The van der Waals surface area contributed by atoms with Crippen molar-refractivity contribution in [3.05, 3.63) is 15.0 Å². The second-order valence-corrected chi connectivity index (χ2v) is 7.64. The monoisotopic (exact) mass is 339 g/mol. The van der Waals surface area contributed by atoms with E-state index in [-0.39, 0.29) is 10.1 Å². The molecule has 23 heavy (non-hydrogen) atoms. The van der Waals surface area contributed by atoms with Crippen molar-refractivity contribution in [1.29, 1.82) is 0 Å². The number of aryl methyl sites for hydroxylation is 1. The topological polar surface area (TPSA) is 68.1 Å². The third kappa shape index (κ3) is 5.44. The van der Waals surface area contributed by atoms with Crippen LogP contribution in [-0.4, -0.2) is 15.9 Å². The largest absolute Gasteiger partial charge is 0.425 e. The predicted molar refractivity (Wildman–Crippen MR) is 96.3 cm³/mol. The summed E-state index contributed by atoms with van der Waals surface area (Å²) in [5.41, 5.74) is 0. The minimum atomic E-state index is -0.360. The van der Waals surface area contributed by atoms with Gasteiger partial charge in [0.05, 0.1) is 4.88 Å². The van der Waals surface area contributed by atoms with Crippen LogP contribution in [0.15, 0.2) is 0 Å². The SMILES string of the molecule is CCC(CC)CCCc1sc([N+](=O)[O-])nc1NC1CCCCC1. The summed E-state index contributed by atoms with van der Waals surface area (Å²) in [7, 11) is 0. The Labute approximate surface area is 143 Å². The summed E-state index contributed by atoms with van der Waals surface area (Å²) in [6.45, 7) is 4.48. The number of nitrogens with zero attached hydrogens (tertiary/aromatic N) is 2. The summed E-state index contributed by atoms with van der Waals surface area (Å²) in [5.74, 6) is 1.55. The van der Waals surface area contributed by atoms with Crippen molar-refractivity contribution in [3.63, 3.8) is 0 Å². The molecule has 0 atom stereocenters. The zero-order chi connectivity index (χ0) is 16.7. The highest BCUT2D eigenvalue weighted by atomic mass is 32.1. The highest BCUT2D eigenvalue weighted by molar-refractivity contribution is 7.15. The molecule has 0 radical (unpaired) electrons. The van der Waals surface area contributed by atoms with Crippen LogP contribution in [0.5, 0.6) is 0 Å². The summed E-state index contributed by atoms with van der Waals surface area (Å²) in [6.07, 6.45) is 11.7. The molecule has 0 bridgehead atoms. The first kappa shape index (κ1) is 18.2. The number of hydrogen-bond donors (Lipinski definition) is 1. The van der Waals surface area contributed by atoms with Gasteiger partial charge in [0.15, 0.2) is 0 Å². The summed E-state index contributed by atoms with van der Waals surface area (Å²) >= 11 is 1.25. The van der Waals surface area contributed by atoms with Gasteiger partial charge in [0, 0.05) is 6.04 Å². The van der Waals surface area contributed by atoms with Gasteiger partial charge in [0.1, 0.15) is 0 Å². The number of anilines is 1. The normalized spacial score (nSPS) is 16.0. The molecule has 6 heteroatoms. The van der Waals surface area contributed by atoms with Gasteiger partial charge in [-0.15, -0.1) is 0 Å². The minimum absolute atomic E-state index is 0.0286. The van der Waals surface area contributed by atoms with Crippen molar-refractivity contribution in [2.24, 2.45) is 5.92 Å². The summed E-state index contributed by atoms with van der Waals surface area (Å²) in [4.78, 5) is 16.0. The van der Waals surface area contributed by atoms with Crippen LogP contribution in [0.4, 0.5) is 10.9 Å². The standard InChI is InChI=1S/C17H29N3O2S/c1-3-13(4-2)9-8-12-15-16(19-17(23-15)20(21)22)18-14-10-6-5-7-11-14/h13-14,18H,3-12H2,1-2H3. The fourth-order valence-electron chi connectivity index (χ4n) is 3.39. The Kier molecular flexibility index (Phi) is 7.27. The maximum Gasteiger partial charge on any atom is 0.425 e. The second-order valence-electron chi connectivity index (χ2n) is 6.58. The first-order valence-electron chi connectivity index (χ1n) is 9.04. The molecule has 0 saturated heterocycles. The molecule has 1 aromatic heterocycles. The van der Waals surface area contributed by atoms with E-state index < -0.39 is 0 Å². The summed E-state index contributed by atoms with van der Waals surface area (Å²) in [6, 6.07) is 0.434. The van der Waals surface area contributed by atoms with Crippen molar-refractivity contribution in [3.8, 4) is 0 Å². The lowest BCUT2D eigenvalue weighted by atomic mass is 9.95. The molecule has 0 aliphatic heterocycles. The average Bonchev–Trinajstić information content (AvgIpc) is 2.96. The number of thiazole rings is 1. The van der Waals surface area contributed by atoms with Gasteiger partial charge in [-0.1, -0.05) is 52.4 Å². The molecular weight excluding hydrogens is 310 g/mol. The molecule has 2 rings (SSSR count). The van der Waals surface area contributed by atoms with E-state index in [1.807, 2.05) is 0 Å². The van der Waals surface area contributed by atoms with Crippen molar-refractivity contribution >= 4 is 22.3 Å². The Morgan fingerprint density at radius 2 is 2.00 bits per heavy atom. The fraction of sp³-hybridized carbons (Fsp3) is 0.824. The first-order valence-corrected chi connectivity index (χ1v) is 9.86. The molecule has 1 aliphatic carbocycles. The van der Waals surface area contributed by atoms with Crippen LogP contribution in [0.2, 0.25) is 0 Å². The molecule has 1 aromatic rings. The molecule has 1 saturated carbocycles. The molecule has 1 heterocycles. The van der Waals surface area contributed by atoms with Gasteiger partial charge in [0.2, 0.25) is 0 Å². The molecule has 0 aromatic carbocycles. The van der Waals surface area contributed by atoms with Crippen LogP contribution in [0.1, 0.15) is 76.5 Å². The van der Waals surface area contributed by atoms with Gasteiger partial charge in [-0.05, 0) is 52.8 Å². The van der Waals surface area contributed by atoms with Gasteiger partial charge in [0.25, 0.3) is 5.82 Å². The number of rotatable bonds is 9. The van der Waals surface area contributed by atoms with Crippen LogP contribution in [-0.2, 0) is 6.42 Å². The second kappa shape index (κ2) is 9.21. The maximum absolute atomic E-state index is 11.1. The zero-order valence-corrected chi connectivity index (χ0v) is 15.2. The molecule has 0 spiro atoms. The van der Waals surface area contributed by atoms with E-state index in [0.717, 1.165) is 42.3 Å². The van der Waals surface area contributed by atoms with Gasteiger partial charge >= 0.3 is 5.13 Å². The van der Waals surface area contributed by atoms with E-state index in [2.05, 4.69) is 24.1 Å². The Hall–Kier alpha value is -1.17. The highest BCUT2D eigenvalue weighted by Gasteiger charge is 2.24. The molecule has 0 unspecified atom stereocenters. The van der Waals surface area contributed by atoms with Crippen molar-refractivity contribution < 1.29 is 4.92 Å². The van der Waals surface area contributed by atoms with Crippen LogP contribution in [0, 0.1) is 16.0 Å². The quantitative estimate of drug-likeness (QED) is 0.473. The zero-order valence-electron chi connectivity index (χ0n) is 14.3. The fourth-order valence-corrected chi connectivity index (χ4v) is 4.27. The number of aromatic nitrogens is 1. The van der Waals surface area contributed by atoms with E-state index in [4.69, 9.17) is 0 Å². The highest BCUT2D eigenvalue weighted by Crippen LogP contribution is 2.32. The molecular formula is C17H29N3O2S. The van der Waals surface area contributed by atoms with Crippen molar-refractivity contribution in [2.75, 3.05) is 5.32 Å². The minimum Gasteiger partial charge on any atom is -0.357 e. The van der Waals surface area contributed by atoms with Crippen LogP contribution in [0.3, 0.4) is 0 Å². The van der Waals surface area contributed by atoms with Gasteiger partial charge < -0.3 is 15.4 Å². The molecule has 0 amide bonds. The van der Waals surface area contributed by atoms with Crippen molar-refractivity contribution in [1.82, 2.24) is 4.98 Å². The van der Waals surface area contributed by atoms with E-state index in [1.54, 1.807) is 0 Å². The third-order valence-corrected chi connectivity index (χ3v) is 6.03. The lowest BCUT2D eigenvalue weighted by Crippen LogP contribution is -2.23. The van der Waals surface area contributed by atoms with Crippen LogP contribution >= 0.6 is 11.3 Å². The maximum atomic E-state index is 11.1. The third-order valence-electron chi connectivity index (χ3n) is 4.96. The lowest BCUT2D eigenvalue weighted by Gasteiger charge is -2.21. The average molecular weight is 340 g/mol. The number of nitro groups is 1. The molecule has 1 aliphatic rings. The van der Waals surface area contributed by atoms with E-state index in [0.29, 0.717) is 6.04 Å². The van der Waals surface area contributed by atoms with Crippen molar-refractivity contribution in [2.45, 2.75) is 84.1 Å². The number of nitrogens with one attached hydrogen (secondary N) is 1. The molecule has 130 valence electrons. The van der Waals surface area contributed by atoms with E-state index in [9.17, 15) is 10.1 Å². The van der Waals surface area contributed by atoms with Gasteiger partial charge in [-0.3, -0.25) is 0 Å². The van der Waals surface area contributed by atoms with E-state index in [1.165, 1.54) is 49.9 Å². The van der Waals surface area contributed by atoms with Gasteiger partial charge in [-0.25, -0.2) is 0 Å². The Morgan fingerprint density at radius 3 is 2.61 bits per heavy atom. The smallest absolute Gasteiger partial charge is 0.357 e. The van der Waals surface area contributed by atoms with Crippen LogP contribution in [0.25, 0.3) is 0 Å². The Balaban J connectivity index is 1.99. The van der Waals surface area contributed by atoms with E-state index >= 15 is 0 Å². The summed E-state index contributed by atoms with van der Waals surface area (Å²) in [5, 5.41) is 14.6. The lowest BCUT2D eigenvalue weighted by molar-refractivity contribution is -0.384. The summed E-state index contributed by atoms with van der Waals surface area (Å²) < 4.78 is 0. The Bertz CT molecular complexity index is 494. The molecule has 5 nitrogen and oxygen atoms in total. The first-order chi connectivity index (χ1) is 11.1. The number of hydrogen-bond acceptors (Lipinski definition) is 5. The van der Waals surface area contributed by atoms with Gasteiger partial charge in [-0.2, -0.15) is 0 Å².